The number of carbonyl (C=O) groups excluding carboxylic acids is 1. The maximum Gasteiger partial charge on any atom is 0.241 e. The second-order valence-electron chi connectivity index (χ2n) is 4.65. The molecule has 0 aromatic heterocycles. The van der Waals surface area contributed by atoms with Gasteiger partial charge in [-0.25, -0.2) is 8.42 Å². The van der Waals surface area contributed by atoms with E-state index < -0.39 is 16.1 Å². The molecule has 0 radical (unpaired) electrons. The fraction of sp³-hybridized carbons (Fsp3) is 0.500. The molecule has 1 amide bonds. The van der Waals surface area contributed by atoms with Gasteiger partial charge in [0.05, 0.1) is 25.2 Å². The molecule has 0 aliphatic carbocycles. The maximum absolute atomic E-state index is 12.3. The second-order valence-corrected chi connectivity index (χ2v) is 6.36. The van der Waals surface area contributed by atoms with Crippen molar-refractivity contribution in [3.05, 3.63) is 18.2 Å². The van der Waals surface area contributed by atoms with Crippen molar-refractivity contribution in [2.24, 2.45) is 0 Å². The molecule has 8 heteroatoms. The van der Waals surface area contributed by atoms with Gasteiger partial charge in [-0.2, -0.15) is 4.72 Å². The third-order valence-corrected chi connectivity index (χ3v) is 4.48. The topological polar surface area (TPSA) is 93.7 Å². The minimum absolute atomic E-state index is 0.000270. The molecule has 1 aromatic rings. The zero-order valence-electron chi connectivity index (χ0n) is 13.2. The van der Waals surface area contributed by atoms with Gasteiger partial charge in [-0.05, 0) is 25.5 Å². The Labute approximate surface area is 131 Å². The zero-order chi connectivity index (χ0) is 16.8. The lowest BCUT2D eigenvalue weighted by Crippen LogP contribution is -2.44. The van der Waals surface area contributed by atoms with E-state index in [9.17, 15) is 13.2 Å². The summed E-state index contributed by atoms with van der Waals surface area (Å²) < 4.78 is 37.1. The molecule has 0 spiro atoms. The number of ether oxygens (including phenoxy) is 2. The quantitative estimate of drug-likeness (QED) is 0.738. The molecule has 0 fully saturated rings. The summed E-state index contributed by atoms with van der Waals surface area (Å²) in [6, 6.07) is 3.36. The molecule has 0 aliphatic rings. The number of hydrogen-bond acceptors (Lipinski definition) is 5. The average Bonchev–Trinajstić information content (AvgIpc) is 2.51. The van der Waals surface area contributed by atoms with Gasteiger partial charge < -0.3 is 14.8 Å². The number of carbonyl (C=O) groups is 1. The van der Waals surface area contributed by atoms with Crippen LogP contribution in [-0.2, 0) is 14.8 Å². The van der Waals surface area contributed by atoms with Crippen LogP contribution >= 0.6 is 0 Å². The molecule has 22 heavy (non-hydrogen) atoms. The van der Waals surface area contributed by atoms with Crippen LogP contribution < -0.4 is 19.5 Å². The molecule has 0 bridgehead atoms. The largest absolute Gasteiger partial charge is 0.493 e. The van der Waals surface area contributed by atoms with Gasteiger partial charge in [0.2, 0.25) is 15.9 Å². The number of methoxy groups -OCH3 is 2. The first-order valence-electron chi connectivity index (χ1n) is 6.87. The Kier molecular flexibility index (Phi) is 6.63. The minimum Gasteiger partial charge on any atom is -0.493 e. The molecule has 1 aromatic carbocycles. The van der Waals surface area contributed by atoms with E-state index in [0.717, 1.165) is 6.42 Å². The molecule has 0 saturated heterocycles. The zero-order valence-corrected chi connectivity index (χ0v) is 14.0. The highest BCUT2D eigenvalue weighted by Crippen LogP contribution is 2.29. The maximum atomic E-state index is 12.3. The Morgan fingerprint density at radius 1 is 1.23 bits per heavy atom. The summed E-state index contributed by atoms with van der Waals surface area (Å²) in [7, 11) is -0.952. The molecule has 0 unspecified atom stereocenters. The Morgan fingerprint density at radius 2 is 1.86 bits per heavy atom. The number of benzene rings is 1. The summed E-state index contributed by atoms with van der Waals surface area (Å²) >= 11 is 0. The van der Waals surface area contributed by atoms with E-state index in [1.54, 1.807) is 0 Å². The van der Waals surface area contributed by atoms with E-state index in [-0.39, 0.29) is 10.8 Å². The lowest BCUT2D eigenvalue weighted by molar-refractivity contribution is -0.122. The summed E-state index contributed by atoms with van der Waals surface area (Å²) in [5.41, 5.74) is 0. The molecular formula is C14H22N2O5S. The smallest absolute Gasteiger partial charge is 0.241 e. The average molecular weight is 330 g/mol. The summed E-state index contributed by atoms with van der Waals surface area (Å²) in [6.45, 7) is 3.91. The predicted molar refractivity (Wildman–Crippen MR) is 82.6 cm³/mol. The van der Waals surface area contributed by atoms with E-state index in [2.05, 4.69) is 10.0 Å². The standard InChI is InChI=1S/C14H22N2O5S/c1-5-8-15-14(17)10(2)16-22(18,19)11-6-7-12(20-3)13(9-11)21-4/h6-7,9-10,16H,5,8H2,1-4H3,(H,15,17)/t10-/m0/s1. The van der Waals surface area contributed by atoms with Crippen molar-refractivity contribution < 1.29 is 22.7 Å². The summed E-state index contributed by atoms with van der Waals surface area (Å²) in [4.78, 5) is 11.8. The SMILES string of the molecule is CCCNC(=O)[C@H](C)NS(=O)(=O)c1ccc(OC)c(OC)c1. The number of amides is 1. The Hall–Kier alpha value is -1.80. The highest BCUT2D eigenvalue weighted by molar-refractivity contribution is 7.89. The van der Waals surface area contributed by atoms with E-state index in [1.807, 2.05) is 6.92 Å². The van der Waals surface area contributed by atoms with E-state index in [4.69, 9.17) is 9.47 Å². The molecule has 2 N–H and O–H groups in total. The van der Waals surface area contributed by atoms with E-state index in [1.165, 1.54) is 39.3 Å². The highest BCUT2D eigenvalue weighted by atomic mass is 32.2. The van der Waals surface area contributed by atoms with Crippen molar-refractivity contribution in [2.45, 2.75) is 31.2 Å². The van der Waals surface area contributed by atoms with Crippen LogP contribution in [0.2, 0.25) is 0 Å². The minimum atomic E-state index is -3.83. The first kappa shape index (κ1) is 18.2. The third-order valence-electron chi connectivity index (χ3n) is 2.94. The van der Waals surface area contributed by atoms with Gasteiger partial charge in [-0.15, -0.1) is 0 Å². The van der Waals surface area contributed by atoms with Crippen molar-refractivity contribution in [2.75, 3.05) is 20.8 Å². The highest BCUT2D eigenvalue weighted by Gasteiger charge is 2.23. The number of hydrogen-bond donors (Lipinski definition) is 2. The van der Waals surface area contributed by atoms with Crippen molar-refractivity contribution in [1.82, 2.24) is 10.0 Å². The predicted octanol–water partition coefficient (Wildman–Crippen LogP) is 0.897. The number of sulfonamides is 1. The number of nitrogens with one attached hydrogen (secondary N) is 2. The lowest BCUT2D eigenvalue weighted by Gasteiger charge is -2.15. The van der Waals surface area contributed by atoms with Crippen LogP contribution in [0, 0.1) is 0 Å². The van der Waals surface area contributed by atoms with Crippen molar-refractivity contribution in [3.8, 4) is 11.5 Å². The fourth-order valence-electron chi connectivity index (χ4n) is 1.74. The lowest BCUT2D eigenvalue weighted by atomic mass is 10.3. The number of rotatable bonds is 8. The Bertz CT molecular complexity index is 616. The van der Waals surface area contributed by atoms with Crippen LogP contribution in [0.25, 0.3) is 0 Å². The van der Waals surface area contributed by atoms with Crippen LogP contribution in [0.4, 0.5) is 0 Å². The monoisotopic (exact) mass is 330 g/mol. The molecule has 0 aliphatic heterocycles. The summed E-state index contributed by atoms with van der Waals surface area (Å²) in [6.07, 6.45) is 0.779. The van der Waals surface area contributed by atoms with Gasteiger partial charge in [0, 0.05) is 12.6 Å². The van der Waals surface area contributed by atoms with Crippen LogP contribution in [0.5, 0.6) is 11.5 Å². The van der Waals surface area contributed by atoms with Gasteiger partial charge in [-0.1, -0.05) is 6.92 Å². The molecule has 0 saturated carbocycles. The van der Waals surface area contributed by atoms with Crippen LogP contribution in [-0.4, -0.2) is 41.1 Å². The normalized spacial score (nSPS) is 12.5. The molecule has 7 nitrogen and oxygen atoms in total. The van der Waals surface area contributed by atoms with Gasteiger partial charge in [0.1, 0.15) is 0 Å². The van der Waals surface area contributed by atoms with Crippen molar-refractivity contribution in [1.29, 1.82) is 0 Å². The summed E-state index contributed by atoms with van der Waals surface area (Å²) in [5.74, 6) is 0.356. The fourth-order valence-corrected chi connectivity index (χ4v) is 2.96. The first-order valence-corrected chi connectivity index (χ1v) is 8.36. The Morgan fingerprint density at radius 3 is 2.41 bits per heavy atom. The summed E-state index contributed by atoms with van der Waals surface area (Å²) in [5, 5.41) is 2.64. The van der Waals surface area contributed by atoms with E-state index in [0.29, 0.717) is 18.0 Å². The van der Waals surface area contributed by atoms with Crippen LogP contribution in [0.15, 0.2) is 23.1 Å². The Balaban J connectivity index is 2.92. The van der Waals surface area contributed by atoms with Gasteiger partial charge in [-0.3, -0.25) is 4.79 Å². The van der Waals surface area contributed by atoms with E-state index >= 15 is 0 Å². The molecule has 0 heterocycles. The van der Waals surface area contributed by atoms with Crippen molar-refractivity contribution in [3.63, 3.8) is 0 Å². The van der Waals surface area contributed by atoms with Gasteiger partial charge in [0.25, 0.3) is 0 Å². The molecule has 1 atom stereocenters. The molecular weight excluding hydrogens is 308 g/mol. The van der Waals surface area contributed by atoms with Crippen LogP contribution in [0.3, 0.4) is 0 Å². The van der Waals surface area contributed by atoms with Gasteiger partial charge >= 0.3 is 0 Å². The van der Waals surface area contributed by atoms with Gasteiger partial charge in [0.15, 0.2) is 11.5 Å². The second kappa shape index (κ2) is 8.00. The van der Waals surface area contributed by atoms with Crippen LogP contribution in [0.1, 0.15) is 20.3 Å². The third kappa shape index (κ3) is 4.60. The molecule has 1 rings (SSSR count). The first-order chi connectivity index (χ1) is 10.4. The molecule has 124 valence electrons. The van der Waals surface area contributed by atoms with Crippen molar-refractivity contribution >= 4 is 15.9 Å².